The molecule has 0 radical (unpaired) electrons. The summed E-state index contributed by atoms with van der Waals surface area (Å²) in [7, 11) is 3.13. The minimum atomic E-state index is -0.627. The monoisotopic (exact) mass is 252 g/mol. The number of carbonyl (C=O) groups excluding carboxylic acids is 2. The summed E-state index contributed by atoms with van der Waals surface area (Å²) in [5.41, 5.74) is 1.52. The van der Waals surface area contributed by atoms with Crippen LogP contribution in [0.1, 0.15) is 30.0 Å². The average Bonchev–Trinajstić information content (AvgIpc) is 2.65. The van der Waals surface area contributed by atoms with Gasteiger partial charge in [-0.2, -0.15) is 0 Å². The summed E-state index contributed by atoms with van der Waals surface area (Å²) in [6.07, 6.45) is 0. The standard InChI is InChI=1S/C13H20N2O3/c1-8(2)11(13(17)18-5)14-12(16)10-7-6-9(3)15(10)4/h6-8,11H,1-5H3,(H,14,16). The first-order chi connectivity index (χ1) is 8.38. The number of methoxy groups -OCH3 is 1. The first kappa shape index (κ1) is 14.3. The Morgan fingerprint density at radius 3 is 2.33 bits per heavy atom. The third kappa shape index (κ3) is 2.91. The summed E-state index contributed by atoms with van der Waals surface area (Å²) in [4.78, 5) is 23.6. The number of aryl methyl sites for hydroxylation is 1. The Balaban J connectivity index is 2.85. The Labute approximate surface area is 107 Å². The number of hydrogen-bond donors (Lipinski definition) is 1. The van der Waals surface area contributed by atoms with E-state index in [0.717, 1.165) is 5.69 Å². The van der Waals surface area contributed by atoms with Crippen molar-refractivity contribution in [3.8, 4) is 0 Å². The minimum absolute atomic E-state index is 0.0252. The van der Waals surface area contributed by atoms with Gasteiger partial charge in [-0.3, -0.25) is 4.79 Å². The van der Waals surface area contributed by atoms with Gasteiger partial charge in [0.25, 0.3) is 5.91 Å². The zero-order valence-electron chi connectivity index (χ0n) is 11.5. The van der Waals surface area contributed by atoms with E-state index >= 15 is 0 Å². The predicted octanol–water partition coefficient (Wildman–Crippen LogP) is 1.26. The molecule has 1 aromatic heterocycles. The molecule has 1 unspecified atom stereocenters. The zero-order valence-corrected chi connectivity index (χ0v) is 11.5. The Morgan fingerprint density at radius 2 is 1.94 bits per heavy atom. The van der Waals surface area contributed by atoms with Gasteiger partial charge in [-0.05, 0) is 25.0 Å². The normalized spacial score (nSPS) is 12.3. The number of hydrogen-bond acceptors (Lipinski definition) is 3. The van der Waals surface area contributed by atoms with Crippen molar-refractivity contribution >= 4 is 11.9 Å². The molecule has 0 aliphatic heterocycles. The SMILES string of the molecule is COC(=O)C(NC(=O)c1ccc(C)n1C)C(C)C. The second-order valence-electron chi connectivity index (χ2n) is 4.64. The van der Waals surface area contributed by atoms with Gasteiger partial charge in [0.15, 0.2) is 0 Å². The van der Waals surface area contributed by atoms with Crippen LogP contribution in [0, 0.1) is 12.8 Å². The largest absolute Gasteiger partial charge is 0.467 e. The second kappa shape index (κ2) is 5.71. The number of carbonyl (C=O) groups is 2. The van der Waals surface area contributed by atoms with Crippen LogP contribution in [0.5, 0.6) is 0 Å². The van der Waals surface area contributed by atoms with Crippen LogP contribution in [0.3, 0.4) is 0 Å². The molecule has 0 saturated carbocycles. The highest BCUT2D eigenvalue weighted by Gasteiger charge is 2.26. The van der Waals surface area contributed by atoms with Gasteiger partial charge in [-0.25, -0.2) is 4.79 Å². The van der Waals surface area contributed by atoms with Gasteiger partial charge in [0.2, 0.25) is 0 Å². The lowest BCUT2D eigenvalue weighted by atomic mass is 10.0. The van der Waals surface area contributed by atoms with E-state index in [1.165, 1.54) is 7.11 Å². The molecule has 0 aromatic carbocycles. The molecule has 0 aliphatic rings. The van der Waals surface area contributed by atoms with Crippen molar-refractivity contribution in [2.24, 2.45) is 13.0 Å². The van der Waals surface area contributed by atoms with E-state index in [1.54, 1.807) is 10.6 Å². The highest BCUT2D eigenvalue weighted by molar-refractivity contribution is 5.95. The highest BCUT2D eigenvalue weighted by Crippen LogP contribution is 2.09. The maximum Gasteiger partial charge on any atom is 0.328 e. The van der Waals surface area contributed by atoms with Crippen LogP contribution < -0.4 is 5.32 Å². The van der Waals surface area contributed by atoms with E-state index in [0.29, 0.717) is 5.69 Å². The van der Waals surface area contributed by atoms with Gasteiger partial charge in [0.05, 0.1) is 7.11 Å². The zero-order chi connectivity index (χ0) is 13.9. The van der Waals surface area contributed by atoms with E-state index in [2.05, 4.69) is 10.1 Å². The summed E-state index contributed by atoms with van der Waals surface area (Å²) >= 11 is 0. The molecule has 0 bridgehead atoms. The molecule has 1 aromatic rings. The van der Waals surface area contributed by atoms with Gasteiger partial charge in [-0.1, -0.05) is 13.8 Å². The molecular weight excluding hydrogens is 232 g/mol. The second-order valence-corrected chi connectivity index (χ2v) is 4.64. The summed E-state index contributed by atoms with van der Waals surface area (Å²) in [5, 5.41) is 2.70. The van der Waals surface area contributed by atoms with Crippen LogP contribution in [0.25, 0.3) is 0 Å². The molecule has 1 N–H and O–H groups in total. The van der Waals surface area contributed by atoms with Crippen LogP contribution in [0.2, 0.25) is 0 Å². The number of ether oxygens (including phenoxy) is 1. The third-order valence-electron chi connectivity index (χ3n) is 3.01. The third-order valence-corrected chi connectivity index (χ3v) is 3.01. The number of aromatic nitrogens is 1. The Hall–Kier alpha value is -1.78. The number of rotatable bonds is 4. The van der Waals surface area contributed by atoms with Crippen LogP contribution in [-0.4, -0.2) is 29.6 Å². The molecule has 5 heteroatoms. The van der Waals surface area contributed by atoms with Crippen molar-refractivity contribution in [2.75, 3.05) is 7.11 Å². The maximum atomic E-state index is 12.1. The Morgan fingerprint density at radius 1 is 1.33 bits per heavy atom. The minimum Gasteiger partial charge on any atom is -0.467 e. The first-order valence-electron chi connectivity index (χ1n) is 5.89. The fraction of sp³-hybridized carbons (Fsp3) is 0.538. The van der Waals surface area contributed by atoms with Crippen LogP contribution in [0.4, 0.5) is 0 Å². The van der Waals surface area contributed by atoms with E-state index < -0.39 is 12.0 Å². The van der Waals surface area contributed by atoms with E-state index in [9.17, 15) is 9.59 Å². The number of esters is 1. The van der Waals surface area contributed by atoms with Crippen LogP contribution >= 0.6 is 0 Å². The van der Waals surface area contributed by atoms with Gasteiger partial charge in [0, 0.05) is 12.7 Å². The van der Waals surface area contributed by atoms with Crippen LogP contribution in [-0.2, 0) is 16.6 Å². The van der Waals surface area contributed by atoms with Gasteiger partial charge < -0.3 is 14.6 Å². The molecule has 0 aliphatic carbocycles. The van der Waals surface area contributed by atoms with Crippen molar-refractivity contribution in [1.29, 1.82) is 0 Å². The molecule has 1 atom stereocenters. The lowest BCUT2D eigenvalue weighted by Crippen LogP contribution is -2.45. The topological polar surface area (TPSA) is 60.3 Å². The lowest BCUT2D eigenvalue weighted by molar-refractivity contribution is -0.144. The summed E-state index contributed by atoms with van der Waals surface area (Å²) in [5.74, 6) is -0.721. The molecule has 1 amide bonds. The molecule has 0 spiro atoms. The predicted molar refractivity (Wildman–Crippen MR) is 68.3 cm³/mol. The molecule has 5 nitrogen and oxygen atoms in total. The number of amides is 1. The number of nitrogens with zero attached hydrogens (tertiary/aromatic N) is 1. The summed E-state index contributed by atoms with van der Waals surface area (Å²) < 4.78 is 6.47. The van der Waals surface area contributed by atoms with Gasteiger partial charge >= 0.3 is 5.97 Å². The van der Waals surface area contributed by atoms with Crippen molar-refractivity contribution in [3.05, 3.63) is 23.5 Å². The highest BCUT2D eigenvalue weighted by atomic mass is 16.5. The summed E-state index contributed by atoms with van der Waals surface area (Å²) in [6, 6.07) is 2.97. The van der Waals surface area contributed by atoms with Crippen molar-refractivity contribution in [2.45, 2.75) is 26.8 Å². The smallest absolute Gasteiger partial charge is 0.328 e. The molecule has 18 heavy (non-hydrogen) atoms. The van der Waals surface area contributed by atoms with Crippen molar-refractivity contribution in [3.63, 3.8) is 0 Å². The quantitative estimate of drug-likeness (QED) is 0.821. The van der Waals surface area contributed by atoms with Crippen molar-refractivity contribution < 1.29 is 14.3 Å². The molecule has 1 rings (SSSR count). The molecule has 1 heterocycles. The lowest BCUT2D eigenvalue weighted by Gasteiger charge is -2.20. The summed E-state index contributed by atoms with van der Waals surface area (Å²) in [6.45, 7) is 5.63. The number of nitrogens with one attached hydrogen (secondary N) is 1. The van der Waals surface area contributed by atoms with E-state index in [4.69, 9.17) is 0 Å². The molecular formula is C13H20N2O3. The van der Waals surface area contributed by atoms with Gasteiger partial charge in [0.1, 0.15) is 11.7 Å². The Kier molecular flexibility index (Phi) is 4.53. The van der Waals surface area contributed by atoms with Crippen molar-refractivity contribution in [1.82, 2.24) is 9.88 Å². The van der Waals surface area contributed by atoms with Crippen LogP contribution in [0.15, 0.2) is 12.1 Å². The first-order valence-corrected chi connectivity index (χ1v) is 5.89. The maximum absolute atomic E-state index is 12.1. The van der Waals surface area contributed by atoms with E-state index in [-0.39, 0.29) is 11.8 Å². The van der Waals surface area contributed by atoms with Gasteiger partial charge in [-0.15, -0.1) is 0 Å². The molecule has 100 valence electrons. The average molecular weight is 252 g/mol. The Bertz CT molecular complexity index is 449. The molecule has 0 fully saturated rings. The fourth-order valence-corrected chi connectivity index (χ4v) is 1.68. The fourth-order valence-electron chi connectivity index (χ4n) is 1.68. The molecule has 0 saturated heterocycles. The van der Waals surface area contributed by atoms with E-state index in [1.807, 2.05) is 33.9 Å².